The van der Waals surface area contributed by atoms with Gasteiger partial charge in [-0.3, -0.25) is 24.6 Å². The van der Waals surface area contributed by atoms with Crippen molar-refractivity contribution in [3.63, 3.8) is 0 Å². The third kappa shape index (κ3) is 3.22. The Kier molecular flexibility index (Phi) is 4.45. The minimum atomic E-state index is -0.538. The second-order valence-electron chi connectivity index (χ2n) is 4.79. The quantitative estimate of drug-likeness (QED) is 0.465. The smallest absolute Gasteiger partial charge is 0.268 e. The predicted octanol–water partition coefficient (Wildman–Crippen LogP) is 4.03. The van der Waals surface area contributed by atoms with Gasteiger partial charge in [-0.15, -0.1) is 0 Å². The van der Waals surface area contributed by atoms with Gasteiger partial charge in [0.05, 0.1) is 16.4 Å². The highest BCUT2D eigenvalue weighted by Gasteiger charge is 2.35. The molecule has 0 unspecified atom stereocenters. The molecule has 0 N–H and O–H groups in total. The van der Waals surface area contributed by atoms with Gasteiger partial charge in [-0.05, 0) is 30.0 Å². The van der Waals surface area contributed by atoms with Gasteiger partial charge in [-0.2, -0.15) is 0 Å². The number of carbonyl (C=O) groups is 2. The molecule has 1 aromatic heterocycles. The average molecular weight is 364 g/mol. The van der Waals surface area contributed by atoms with E-state index in [1.165, 1.54) is 36.4 Å². The summed E-state index contributed by atoms with van der Waals surface area (Å²) in [6.07, 6.45) is 1.43. The highest BCUT2D eigenvalue weighted by molar-refractivity contribution is 8.18. The van der Waals surface area contributed by atoms with Gasteiger partial charge in [-0.25, -0.2) is 4.39 Å². The number of hydrogen-bond donors (Lipinski definition) is 0. The van der Waals surface area contributed by atoms with Crippen LogP contribution in [0.5, 0.6) is 0 Å². The maximum Gasteiger partial charge on any atom is 0.324 e. The van der Waals surface area contributed by atoms with E-state index in [0.717, 1.165) is 28.0 Å². The fourth-order valence-corrected chi connectivity index (χ4v) is 3.75. The van der Waals surface area contributed by atoms with Crippen LogP contribution >= 0.6 is 23.1 Å². The van der Waals surface area contributed by atoms with Gasteiger partial charge < -0.3 is 0 Å². The van der Waals surface area contributed by atoms with Gasteiger partial charge in [0.1, 0.15) is 5.82 Å². The van der Waals surface area contributed by atoms with Crippen molar-refractivity contribution in [1.29, 1.82) is 0 Å². The molecule has 2 amide bonds. The number of benzene rings is 1. The summed E-state index contributed by atoms with van der Waals surface area (Å²) in [6, 6.07) is 8.75. The predicted molar refractivity (Wildman–Crippen MR) is 88.9 cm³/mol. The fraction of sp³-hybridized carbons (Fsp3) is 0.0667. The van der Waals surface area contributed by atoms with E-state index in [4.69, 9.17) is 0 Å². The molecule has 24 heavy (non-hydrogen) atoms. The largest absolute Gasteiger partial charge is 0.324 e. The number of halogens is 1. The standard InChI is InChI=1S/C15H9FN2O4S2/c16-11-4-2-1-3-9(11)8-17-14(19)12(24-15(17)20)7-10-5-6-13(23-10)18(21)22/h1-7H,8H2/b12-7-. The van der Waals surface area contributed by atoms with Gasteiger partial charge in [-0.1, -0.05) is 29.5 Å². The van der Waals surface area contributed by atoms with Crippen LogP contribution in [-0.4, -0.2) is 21.0 Å². The first-order valence-corrected chi connectivity index (χ1v) is 8.32. The number of carbonyl (C=O) groups excluding carboxylic acids is 2. The van der Waals surface area contributed by atoms with Crippen LogP contribution in [0.4, 0.5) is 14.2 Å². The van der Waals surface area contributed by atoms with E-state index in [0.29, 0.717) is 4.88 Å². The molecule has 0 spiro atoms. The molecule has 0 atom stereocenters. The van der Waals surface area contributed by atoms with E-state index in [2.05, 4.69) is 0 Å². The summed E-state index contributed by atoms with van der Waals surface area (Å²) in [5.41, 5.74) is 0.243. The molecular weight excluding hydrogens is 355 g/mol. The summed E-state index contributed by atoms with van der Waals surface area (Å²) >= 11 is 1.64. The Labute approximate surface area is 143 Å². The number of nitro groups is 1. The van der Waals surface area contributed by atoms with Crippen LogP contribution in [0.3, 0.4) is 0 Å². The van der Waals surface area contributed by atoms with Crippen molar-refractivity contribution >= 4 is 45.3 Å². The number of nitrogens with zero attached hydrogens (tertiary/aromatic N) is 2. The van der Waals surface area contributed by atoms with Crippen molar-refractivity contribution in [3.05, 3.63) is 67.7 Å². The fourth-order valence-electron chi connectivity index (χ4n) is 2.08. The number of imide groups is 1. The monoisotopic (exact) mass is 364 g/mol. The van der Waals surface area contributed by atoms with Crippen molar-refractivity contribution in [3.8, 4) is 0 Å². The van der Waals surface area contributed by atoms with Crippen LogP contribution in [0.25, 0.3) is 6.08 Å². The number of hydrogen-bond acceptors (Lipinski definition) is 6. The number of rotatable bonds is 4. The summed E-state index contributed by atoms with van der Waals surface area (Å²) < 4.78 is 13.7. The lowest BCUT2D eigenvalue weighted by Crippen LogP contribution is -2.27. The second-order valence-corrected chi connectivity index (χ2v) is 6.88. The number of thiophene rings is 1. The first-order chi connectivity index (χ1) is 11.5. The van der Waals surface area contributed by atoms with E-state index in [1.807, 2.05) is 0 Å². The van der Waals surface area contributed by atoms with E-state index in [-0.39, 0.29) is 22.0 Å². The Morgan fingerprint density at radius 2 is 1.96 bits per heavy atom. The first-order valence-electron chi connectivity index (χ1n) is 6.68. The lowest BCUT2D eigenvalue weighted by Gasteiger charge is -2.12. The molecule has 1 saturated heterocycles. The Bertz CT molecular complexity index is 878. The van der Waals surface area contributed by atoms with Gasteiger partial charge in [0.15, 0.2) is 0 Å². The van der Waals surface area contributed by atoms with Crippen LogP contribution in [0.2, 0.25) is 0 Å². The third-order valence-electron chi connectivity index (χ3n) is 3.23. The first kappa shape index (κ1) is 16.3. The van der Waals surface area contributed by atoms with Crippen molar-refractivity contribution in [2.24, 2.45) is 0 Å². The molecule has 6 nitrogen and oxygen atoms in total. The van der Waals surface area contributed by atoms with Crippen LogP contribution in [0.1, 0.15) is 10.4 Å². The maximum absolute atomic E-state index is 13.7. The zero-order valence-electron chi connectivity index (χ0n) is 12.0. The third-order valence-corrected chi connectivity index (χ3v) is 5.12. The molecule has 2 heterocycles. The summed E-state index contributed by atoms with van der Waals surface area (Å²) in [5, 5.41) is 10.1. The molecule has 3 rings (SSSR count). The normalized spacial score (nSPS) is 16.2. The summed E-state index contributed by atoms with van der Waals surface area (Å²) in [7, 11) is 0. The minimum Gasteiger partial charge on any atom is -0.268 e. The Balaban J connectivity index is 1.82. The van der Waals surface area contributed by atoms with Crippen LogP contribution in [0.15, 0.2) is 41.3 Å². The van der Waals surface area contributed by atoms with Crippen molar-refractivity contribution in [2.45, 2.75) is 6.54 Å². The zero-order chi connectivity index (χ0) is 17.3. The Morgan fingerprint density at radius 1 is 1.21 bits per heavy atom. The lowest BCUT2D eigenvalue weighted by atomic mass is 10.2. The van der Waals surface area contributed by atoms with Crippen LogP contribution in [0, 0.1) is 15.9 Å². The second kappa shape index (κ2) is 6.54. The Hall–Kier alpha value is -2.52. The summed E-state index contributed by atoms with van der Waals surface area (Å²) in [5.74, 6) is -1.03. The number of thioether (sulfide) groups is 1. The zero-order valence-corrected chi connectivity index (χ0v) is 13.6. The molecule has 1 aliphatic rings. The van der Waals surface area contributed by atoms with Gasteiger partial charge in [0.2, 0.25) is 0 Å². The molecule has 0 radical (unpaired) electrons. The van der Waals surface area contributed by atoms with E-state index >= 15 is 0 Å². The van der Waals surface area contributed by atoms with Crippen LogP contribution in [-0.2, 0) is 11.3 Å². The van der Waals surface area contributed by atoms with Crippen LogP contribution < -0.4 is 0 Å². The van der Waals surface area contributed by atoms with Gasteiger partial charge >= 0.3 is 5.00 Å². The molecule has 1 aliphatic heterocycles. The molecular formula is C15H9FN2O4S2. The van der Waals surface area contributed by atoms with Crippen molar-refractivity contribution in [2.75, 3.05) is 0 Å². The Morgan fingerprint density at radius 3 is 2.62 bits per heavy atom. The van der Waals surface area contributed by atoms with Crippen molar-refractivity contribution < 1.29 is 18.9 Å². The SMILES string of the molecule is O=C1S/C(=C\c2ccc([N+](=O)[O-])s2)C(=O)N1Cc1ccccc1F. The van der Waals surface area contributed by atoms with E-state index < -0.39 is 21.9 Å². The van der Waals surface area contributed by atoms with Gasteiger partial charge in [0, 0.05) is 16.5 Å². The lowest BCUT2D eigenvalue weighted by molar-refractivity contribution is -0.380. The molecule has 9 heteroatoms. The molecule has 1 fully saturated rings. The molecule has 0 bridgehead atoms. The number of amides is 2. The van der Waals surface area contributed by atoms with Gasteiger partial charge in [0.25, 0.3) is 11.1 Å². The molecule has 0 saturated carbocycles. The molecule has 122 valence electrons. The van der Waals surface area contributed by atoms with E-state index in [1.54, 1.807) is 6.07 Å². The van der Waals surface area contributed by atoms with Crippen molar-refractivity contribution in [1.82, 2.24) is 4.90 Å². The molecule has 2 aromatic rings. The summed E-state index contributed by atoms with van der Waals surface area (Å²) in [4.78, 5) is 36.1. The minimum absolute atomic E-state index is 0.0492. The highest BCUT2D eigenvalue weighted by Crippen LogP contribution is 2.35. The average Bonchev–Trinajstić information content (AvgIpc) is 3.10. The summed E-state index contributed by atoms with van der Waals surface area (Å²) in [6.45, 7) is -0.154. The molecule has 1 aromatic carbocycles. The molecule has 0 aliphatic carbocycles. The maximum atomic E-state index is 13.7. The van der Waals surface area contributed by atoms with E-state index in [9.17, 15) is 24.1 Å². The highest BCUT2D eigenvalue weighted by atomic mass is 32.2. The topological polar surface area (TPSA) is 80.5 Å².